The van der Waals surface area contributed by atoms with Crippen molar-refractivity contribution in [3.8, 4) is 0 Å². The first kappa shape index (κ1) is 8.93. The Labute approximate surface area is 80.9 Å². The monoisotopic (exact) mass is 193 g/mol. The molecule has 0 radical (unpaired) electrons. The van der Waals surface area contributed by atoms with Crippen molar-refractivity contribution >= 4 is 11.5 Å². The smallest absolute Gasteiger partial charge is 0.252 e. The van der Waals surface area contributed by atoms with E-state index in [1.165, 1.54) is 12.1 Å². The van der Waals surface area contributed by atoms with E-state index in [2.05, 4.69) is 5.18 Å². The van der Waals surface area contributed by atoms with Crippen LogP contribution in [-0.2, 0) is 6.54 Å². The summed E-state index contributed by atoms with van der Waals surface area (Å²) in [5.41, 5.74) is 0.269. The number of nitrogens with zero attached hydrogens (tertiary/aromatic N) is 3. The Balaban J connectivity index is 2.70. The fourth-order valence-electron chi connectivity index (χ4n) is 1.82. The van der Waals surface area contributed by atoms with Crippen molar-refractivity contribution in [2.75, 3.05) is 18.5 Å². The highest BCUT2D eigenvalue weighted by molar-refractivity contribution is 5.62. The molecule has 2 rings (SSSR count). The Kier molecular flexibility index (Phi) is 2.07. The average molecular weight is 193 g/mol. The van der Waals surface area contributed by atoms with Gasteiger partial charge in [-0.25, -0.2) is 0 Å². The van der Waals surface area contributed by atoms with E-state index >= 15 is 0 Å². The van der Waals surface area contributed by atoms with E-state index in [9.17, 15) is 9.70 Å². The van der Waals surface area contributed by atoms with Crippen LogP contribution in [0.2, 0.25) is 0 Å². The fourth-order valence-corrected chi connectivity index (χ4v) is 1.82. The second-order valence-corrected chi connectivity index (χ2v) is 3.40. The van der Waals surface area contributed by atoms with Crippen molar-refractivity contribution in [3.05, 3.63) is 27.4 Å². The van der Waals surface area contributed by atoms with Crippen molar-refractivity contribution < 1.29 is 0 Å². The minimum Gasteiger partial charge on any atom is -0.359 e. The number of anilines is 1. The van der Waals surface area contributed by atoms with Crippen molar-refractivity contribution in [3.63, 3.8) is 0 Å². The van der Waals surface area contributed by atoms with Crippen LogP contribution in [0.25, 0.3) is 0 Å². The number of rotatable bonds is 1. The standard InChI is InChI=1S/C9H11N3O2/c1-11-5-2-6-12-8(13)4-3-7(10-14)9(11)12/h3-4H,2,5-6H2,1H3. The zero-order valence-corrected chi connectivity index (χ0v) is 7.93. The lowest BCUT2D eigenvalue weighted by Gasteiger charge is -2.28. The fraction of sp³-hybridized carbons (Fsp3) is 0.444. The van der Waals surface area contributed by atoms with E-state index in [4.69, 9.17) is 0 Å². The molecule has 1 aliphatic heterocycles. The molecule has 0 amide bonds. The van der Waals surface area contributed by atoms with Gasteiger partial charge in [0.25, 0.3) is 5.56 Å². The molecule has 5 heteroatoms. The predicted molar refractivity (Wildman–Crippen MR) is 54.0 cm³/mol. The molecule has 0 atom stereocenters. The first-order chi connectivity index (χ1) is 6.74. The van der Waals surface area contributed by atoms with Gasteiger partial charge in [-0.05, 0) is 17.7 Å². The van der Waals surface area contributed by atoms with Gasteiger partial charge in [0.15, 0.2) is 0 Å². The van der Waals surface area contributed by atoms with E-state index < -0.39 is 0 Å². The van der Waals surface area contributed by atoms with Gasteiger partial charge in [-0.1, -0.05) is 0 Å². The molecule has 0 spiro atoms. The lowest BCUT2D eigenvalue weighted by atomic mass is 10.2. The highest BCUT2D eigenvalue weighted by Gasteiger charge is 2.18. The summed E-state index contributed by atoms with van der Waals surface area (Å²) >= 11 is 0. The van der Waals surface area contributed by atoms with Gasteiger partial charge in [0, 0.05) is 26.2 Å². The Morgan fingerprint density at radius 2 is 2.14 bits per heavy atom. The third-order valence-electron chi connectivity index (χ3n) is 2.47. The van der Waals surface area contributed by atoms with Crippen LogP contribution in [0.1, 0.15) is 6.42 Å². The number of hydrogen-bond acceptors (Lipinski definition) is 4. The summed E-state index contributed by atoms with van der Waals surface area (Å²) in [5, 5.41) is 2.92. The summed E-state index contributed by atoms with van der Waals surface area (Å²) in [4.78, 5) is 23.9. The third kappa shape index (κ3) is 1.21. The molecular weight excluding hydrogens is 182 g/mol. The number of aromatic nitrogens is 1. The Hall–Kier alpha value is -1.65. The summed E-state index contributed by atoms with van der Waals surface area (Å²) in [7, 11) is 1.86. The molecule has 0 saturated carbocycles. The molecule has 0 aliphatic carbocycles. The first-order valence-electron chi connectivity index (χ1n) is 4.52. The van der Waals surface area contributed by atoms with Gasteiger partial charge in [0.1, 0.15) is 11.5 Å². The lowest BCUT2D eigenvalue weighted by Crippen LogP contribution is -2.34. The first-order valence-corrected chi connectivity index (χ1v) is 4.52. The molecule has 0 aromatic carbocycles. The molecule has 0 saturated heterocycles. The normalized spacial score (nSPS) is 15.1. The highest BCUT2D eigenvalue weighted by Crippen LogP contribution is 2.28. The molecule has 1 aliphatic rings. The molecule has 0 fully saturated rings. The van der Waals surface area contributed by atoms with Crippen LogP contribution in [-0.4, -0.2) is 18.2 Å². The second kappa shape index (κ2) is 3.25. The zero-order valence-electron chi connectivity index (χ0n) is 7.93. The van der Waals surface area contributed by atoms with Crippen molar-refractivity contribution in [2.24, 2.45) is 5.18 Å². The molecular formula is C9H11N3O2. The highest BCUT2D eigenvalue weighted by atomic mass is 16.3. The molecule has 2 heterocycles. The van der Waals surface area contributed by atoms with Crippen LogP contribution in [0.3, 0.4) is 0 Å². The maximum absolute atomic E-state index is 11.5. The number of pyridine rings is 1. The molecule has 74 valence electrons. The maximum atomic E-state index is 11.5. The van der Waals surface area contributed by atoms with Crippen LogP contribution in [0.4, 0.5) is 11.5 Å². The SMILES string of the molecule is CN1CCCn2c1c(N=O)ccc2=O. The second-order valence-electron chi connectivity index (χ2n) is 3.40. The van der Waals surface area contributed by atoms with Gasteiger partial charge in [0.2, 0.25) is 0 Å². The Morgan fingerprint density at radius 3 is 2.86 bits per heavy atom. The third-order valence-corrected chi connectivity index (χ3v) is 2.47. The van der Waals surface area contributed by atoms with Gasteiger partial charge >= 0.3 is 0 Å². The van der Waals surface area contributed by atoms with Crippen LogP contribution >= 0.6 is 0 Å². The van der Waals surface area contributed by atoms with Gasteiger partial charge < -0.3 is 4.90 Å². The summed E-state index contributed by atoms with van der Waals surface area (Å²) in [6.45, 7) is 1.52. The topological polar surface area (TPSA) is 54.7 Å². The number of nitroso groups, excluding NO2 is 1. The Morgan fingerprint density at radius 1 is 1.36 bits per heavy atom. The molecule has 1 aromatic heterocycles. The summed E-state index contributed by atoms with van der Waals surface area (Å²) in [6, 6.07) is 2.86. The quantitative estimate of drug-likeness (QED) is 0.627. The summed E-state index contributed by atoms with van der Waals surface area (Å²) < 4.78 is 1.60. The van der Waals surface area contributed by atoms with Crippen molar-refractivity contribution in [1.29, 1.82) is 0 Å². The van der Waals surface area contributed by atoms with E-state index in [1.54, 1.807) is 4.57 Å². The maximum Gasteiger partial charge on any atom is 0.252 e. The van der Waals surface area contributed by atoms with Crippen LogP contribution in [0.15, 0.2) is 22.1 Å². The molecule has 0 unspecified atom stereocenters. The number of hydrogen-bond donors (Lipinski definition) is 0. The van der Waals surface area contributed by atoms with E-state index in [0.29, 0.717) is 18.1 Å². The average Bonchev–Trinajstić information content (AvgIpc) is 2.20. The number of fused-ring (bicyclic) bond motifs is 1. The molecule has 14 heavy (non-hydrogen) atoms. The van der Waals surface area contributed by atoms with Crippen LogP contribution < -0.4 is 10.5 Å². The van der Waals surface area contributed by atoms with Gasteiger partial charge in [-0.3, -0.25) is 9.36 Å². The van der Waals surface area contributed by atoms with Crippen molar-refractivity contribution in [2.45, 2.75) is 13.0 Å². The molecule has 5 nitrogen and oxygen atoms in total. The van der Waals surface area contributed by atoms with E-state index in [1.807, 2.05) is 11.9 Å². The molecule has 1 aromatic rings. The summed E-state index contributed by atoms with van der Waals surface area (Å²) in [5.74, 6) is 0.638. The zero-order chi connectivity index (χ0) is 10.1. The lowest BCUT2D eigenvalue weighted by molar-refractivity contribution is 0.567. The van der Waals surface area contributed by atoms with E-state index in [-0.39, 0.29) is 5.56 Å². The van der Waals surface area contributed by atoms with E-state index in [0.717, 1.165) is 13.0 Å². The van der Waals surface area contributed by atoms with Gasteiger partial charge in [-0.2, -0.15) is 0 Å². The van der Waals surface area contributed by atoms with Crippen LogP contribution in [0.5, 0.6) is 0 Å². The minimum absolute atomic E-state index is 0.0704. The van der Waals surface area contributed by atoms with Gasteiger partial charge in [-0.15, -0.1) is 4.91 Å². The van der Waals surface area contributed by atoms with Crippen LogP contribution in [0, 0.1) is 4.91 Å². The largest absolute Gasteiger partial charge is 0.359 e. The van der Waals surface area contributed by atoms with Gasteiger partial charge in [0.05, 0.1) is 0 Å². The molecule has 0 bridgehead atoms. The molecule has 0 N–H and O–H groups in total. The van der Waals surface area contributed by atoms with Crippen molar-refractivity contribution in [1.82, 2.24) is 4.57 Å². The summed E-state index contributed by atoms with van der Waals surface area (Å²) in [6.07, 6.45) is 0.922. The Bertz CT molecular complexity index is 425. The minimum atomic E-state index is -0.0704. The predicted octanol–water partition coefficient (Wildman–Crippen LogP) is 1.09.